The number of carbonyl (C=O) groups is 2. The first-order valence-corrected chi connectivity index (χ1v) is 7.56. The van der Waals surface area contributed by atoms with Gasteiger partial charge in [0.1, 0.15) is 5.82 Å². The molecule has 3 rings (SSSR count). The first-order chi connectivity index (χ1) is 12.5. The van der Waals surface area contributed by atoms with Crippen LogP contribution in [-0.2, 0) is 0 Å². The van der Waals surface area contributed by atoms with Crippen LogP contribution in [0.2, 0.25) is 0 Å². The van der Waals surface area contributed by atoms with Crippen LogP contribution >= 0.6 is 12.4 Å². The van der Waals surface area contributed by atoms with Crippen LogP contribution in [0, 0.1) is 0 Å². The number of hydrogen-bond donors (Lipinski definition) is 4. The van der Waals surface area contributed by atoms with Crippen molar-refractivity contribution in [3.05, 3.63) is 71.9 Å². The van der Waals surface area contributed by atoms with Gasteiger partial charge in [0.15, 0.2) is 0 Å². The number of nitrogens with one attached hydrogen (secondary N) is 2. The highest BCUT2D eigenvalue weighted by atomic mass is 35.5. The molecule has 0 aliphatic rings. The molecule has 2 aromatic carbocycles. The zero-order valence-corrected chi connectivity index (χ0v) is 14.6. The minimum Gasteiger partial charge on any atom is -0.478 e. The molecule has 1 aromatic heterocycles. The number of benzene rings is 2. The third kappa shape index (κ3) is 4.93. The standard InChI is InChI=1S/C18H14N4O4.ClH/c23-16(24)11-5-7-12(8-6-11)20-18-19-10-9-15(22-18)21-14-4-2-1-3-13(14)17(25)26;/h1-10H,(H,23,24)(H,25,26)(H2,19,20,21,22);1H. The summed E-state index contributed by atoms with van der Waals surface area (Å²) in [7, 11) is 0. The number of rotatable bonds is 6. The Kier molecular flexibility index (Phi) is 6.29. The molecule has 0 saturated carbocycles. The number of anilines is 4. The lowest BCUT2D eigenvalue weighted by Crippen LogP contribution is -2.05. The van der Waals surface area contributed by atoms with Gasteiger partial charge in [0.05, 0.1) is 16.8 Å². The highest BCUT2D eigenvalue weighted by Crippen LogP contribution is 2.21. The Labute approximate surface area is 160 Å². The van der Waals surface area contributed by atoms with E-state index >= 15 is 0 Å². The van der Waals surface area contributed by atoms with Crippen molar-refractivity contribution in [2.75, 3.05) is 10.6 Å². The van der Waals surface area contributed by atoms with E-state index in [2.05, 4.69) is 20.6 Å². The molecule has 0 aliphatic heterocycles. The summed E-state index contributed by atoms with van der Waals surface area (Å²) in [5, 5.41) is 24.1. The van der Waals surface area contributed by atoms with Gasteiger partial charge in [-0.3, -0.25) is 0 Å². The van der Waals surface area contributed by atoms with Crippen LogP contribution in [0.1, 0.15) is 20.7 Å². The van der Waals surface area contributed by atoms with E-state index in [9.17, 15) is 14.7 Å². The Bertz CT molecular complexity index is 964. The molecular formula is C18H15ClN4O4. The molecule has 4 N–H and O–H groups in total. The summed E-state index contributed by atoms with van der Waals surface area (Å²) < 4.78 is 0. The van der Waals surface area contributed by atoms with Gasteiger partial charge < -0.3 is 20.8 Å². The van der Waals surface area contributed by atoms with Gasteiger partial charge in [-0.1, -0.05) is 12.1 Å². The second kappa shape index (κ2) is 8.63. The Morgan fingerprint density at radius 3 is 2.22 bits per heavy atom. The molecule has 9 heteroatoms. The first-order valence-electron chi connectivity index (χ1n) is 7.56. The third-order valence-electron chi connectivity index (χ3n) is 3.46. The van der Waals surface area contributed by atoms with E-state index in [4.69, 9.17) is 5.11 Å². The summed E-state index contributed by atoms with van der Waals surface area (Å²) in [6.07, 6.45) is 1.52. The lowest BCUT2D eigenvalue weighted by molar-refractivity contribution is 0.0686. The molecule has 0 bridgehead atoms. The van der Waals surface area contributed by atoms with Crippen molar-refractivity contribution in [2.45, 2.75) is 0 Å². The van der Waals surface area contributed by atoms with Gasteiger partial charge in [-0.05, 0) is 42.5 Å². The summed E-state index contributed by atoms with van der Waals surface area (Å²) in [6.45, 7) is 0. The topological polar surface area (TPSA) is 124 Å². The molecule has 1 heterocycles. The number of aromatic nitrogens is 2. The lowest BCUT2D eigenvalue weighted by atomic mass is 10.2. The molecule has 0 radical (unpaired) electrons. The van der Waals surface area contributed by atoms with Crippen molar-refractivity contribution in [3.8, 4) is 0 Å². The van der Waals surface area contributed by atoms with Gasteiger partial charge >= 0.3 is 11.9 Å². The zero-order valence-electron chi connectivity index (χ0n) is 13.8. The number of hydrogen-bond acceptors (Lipinski definition) is 6. The summed E-state index contributed by atoms with van der Waals surface area (Å²) in [5.41, 5.74) is 1.34. The molecule has 27 heavy (non-hydrogen) atoms. The zero-order chi connectivity index (χ0) is 18.5. The second-order valence-electron chi connectivity index (χ2n) is 5.25. The second-order valence-corrected chi connectivity index (χ2v) is 5.25. The minimum atomic E-state index is -1.04. The molecule has 3 aromatic rings. The fourth-order valence-electron chi connectivity index (χ4n) is 2.23. The van der Waals surface area contributed by atoms with E-state index in [1.807, 2.05) is 0 Å². The van der Waals surface area contributed by atoms with E-state index in [1.54, 1.807) is 36.4 Å². The smallest absolute Gasteiger partial charge is 0.337 e. The Morgan fingerprint density at radius 2 is 1.56 bits per heavy atom. The van der Waals surface area contributed by atoms with Crippen LogP contribution in [-0.4, -0.2) is 32.1 Å². The van der Waals surface area contributed by atoms with E-state index in [0.717, 1.165) is 0 Å². The number of nitrogens with zero attached hydrogens (tertiary/aromatic N) is 2. The van der Waals surface area contributed by atoms with E-state index in [0.29, 0.717) is 17.2 Å². The molecule has 0 saturated heterocycles. The van der Waals surface area contributed by atoms with Gasteiger partial charge in [0.25, 0.3) is 0 Å². The maximum absolute atomic E-state index is 11.3. The molecule has 0 amide bonds. The van der Waals surface area contributed by atoms with Gasteiger partial charge in [0, 0.05) is 11.9 Å². The van der Waals surface area contributed by atoms with E-state index < -0.39 is 11.9 Å². The molecule has 138 valence electrons. The van der Waals surface area contributed by atoms with Gasteiger partial charge in [-0.2, -0.15) is 4.98 Å². The minimum absolute atomic E-state index is 0. The fraction of sp³-hybridized carbons (Fsp3) is 0. The molecule has 0 spiro atoms. The van der Waals surface area contributed by atoms with E-state index in [-0.39, 0.29) is 29.5 Å². The van der Waals surface area contributed by atoms with Crippen LogP contribution in [0.25, 0.3) is 0 Å². The van der Waals surface area contributed by atoms with Crippen molar-refractivity contribution < 1.29 is 19.8 Å². The van der Waals surface area contributed by atoms with Crippen LogP contribution in [0.4, 0.5) is 23.1 Å². The van der Waals surface area contributed by atoms with Crippen LogP contribution in [0.3, 0.4) is 0 Å². The summed E-state index contributed by atoms with van der Waals surface area (Å²) in [6, 6.07) is 14.3. The van der Waals surface area contributed by atoms with Crippen LogP contribution in [0.15, 0.2) is 60.8 Å². The van der Waals surface area contributed by atoms with Crippen molar-refractivity contribution >= 4 is 47.5 Å². The Morgan fingerprint density at radius 1 is 0.852 bits per heavy atom. The lowest BCUT2D eigenvalue weighted by Gasteiger charge is -2.10. The summed E-state index contributed by atoms with van der Waals surface area (Å²) >= 11 is 0. The maximum atomic E-state index is 11.3. The van der Waals surface area contributed by atoms with Crippen molar-refractivity contribution in [2.24, 2.45) is 0 Å². The van der Waals surface area contributed by atoms with Crippen molar-refractivity contribution in [3.63, 3.8) is 0 Å². The maximum Gasteiger partial charge on any atom is 0.337 e. The van der Waals surface area contributed by atoms with Gasteiger partial charge in [-0.15, -0.1) is 12.4 Å². The van der Waals surface area contributed by atoms with Gasteiger partial charge in [0.2, 0.25) is 5.95 Å². The van der Waals surface area contributed by atoms with Crippen molar-refractivity contribution in [1.29, 1.82) is 0 Å². The molecular weight excluding hydrogens is 372 g/mol. The molecule has 0 unspecified atom stereocenters. The normalized spacial score (nSPS) is 9.78. The summed E-state index contributed by atoms with van der Waals surface area (Å²) in [5.74, 6) is -1.35. The third-order valence-corrected chi connectivity index (χ3v) is 3.46. The Balaban J connectivity index is 0.00000261. The van der Waals surface area contributed by atoms with Crippen LogP contribution in [0.5, 0.6) is 0 Å². The largest absolute Gasteiger partial charge is 0.478 e. The van der Waals surface area contributed by atoms with Crippen molar-refractivity contribution in [1.82, 2.24) is 9.97 Å². The number of para-hydroxylation sites is 1. The molecule has 0 atom stereocenters. The monoisotopic (exact) mass is 386 g/mol. The molecule has 0 fully saturated rings. The number of halogens is 1. The average molecular weight is 387 g/mol. The average Bonchev–Trinajstić information content (AvgIpc) is 2.63. The number of carboxylic acids is 2. The molecule has 8 nitrogen and oxygen atoms in total. The highest BCUT2D eigenvalue weighted by Gasteiger charge is 2.10. The number of aromatic carboxylic acids is 2. The first kappa shape index (κ1) is 19.7. The predicted octanol–water partition coefficient (Wildman–Crippen LogP) is 3.78. The number of carboxylic acid groups (broad SMARTS) is 2. The van der Waals surface area contributed by atoms with Crippen LogP contribution < -0.4 is 10.6 Å². The SMILES string of the molecule is Cl.O=C(O)c1ccc(Nc2nccc(Nc3ccccc3C(=O)O)n2)cc1. The highest BCUT2D eigenvalue weighted by molar-refractivity contribution is 5.95. The quantitative estimate of drug-likeness (QED) is 0.504. The predicted molar refractivity (Wildman–Crippen MR) is 103 cm³/mol. The molecule has 0 aliphatic carbocycles. The van der Waals surface area contributed by atoms with E-state index in [1.165, 1.54) is 24.4 Å². The fourth-order valence-corrected chi connectivity index (χ4v) is 2.23. The van der Waals surface area contributed by atoms with Gasteiger partial charge in [-0.25, -0.2) is 14.6 Å². The summed E-state index contributed by atoms with van der Waals surface area (Å²) in [4.78, 5) is 30.5. The Hall–Kier alpha value is -3.65.